The fourth-order valence-electron chi connectivity index (χ4n) is 2.35. The second kappa shape index (κ2) is 4.53. The number of hydrogen-bond donors (Lipinski definition) is 3. The molecule has 1 unspecified atom stereocenters. The van der Waals surface area contributed by atoms with Crippen molar-refractivity contribution in [3.05, 3.63) is 0 Å². The van der Waals surface area contributed by atoms with Crippen LogP contribution in [0.1, 0.15) is 0 Å². The first-order valence-electron chi connectivity index (χ1n) is 5.92. The van der Waals surface area contributed by atoms with Crippen LogP contribution in [0, 0.1) is 0 Å². The minimum atomic E-state index is -1.16. The smallest absolute Gasteiger partial charge is 0.179 e. The number of rotatable bonds is 2. The molecule has 104 valence electrons. The minimum Gasteiger partial charge on any atom is -0.394 e. The Labute approximate surface area is 109 Å². The Bertz CT molecular complexity index is 453. The van der Waals surface area contributed by atoms with Gasteiger partial charge >= 0.3 is 0 Å². The van der Waals surface area contributed by atoms with E-state index >= 15 is 0 Å². The highest BCUT2D eigenvalue weighted by atomic mass is 16.6. The number of hydrogen-bond acceptors (Lipinski definition) is 9. The van der Waals surface area contributed by atoms with Gasteiger partial charge in [0.25, 0.3) is 0 Å². The highest BCUT2D eigenvalue weighted by Gasteiger charge is 2.49. The Morgan fingerprint density at radius 1 is 1.37 bits per heavy atom. The molecule has 3 N–H and O–H groups in total. The van der Waals surface area contributed by atoms with E-state index in [9.17, 15) is 10.2 Å². The van der Waals surface area contributed by atoms with Crippen molar-refractivity contribution < 1.29 is 20.1 Å². The molecule has 0 saturated carbocycles. The number of hydrazone groups is 2. The summed E-state index contributed by atoms with van der Waals surface area (Å²) in [4.78, 5) is 3.93. The molecule has 3 aliphatic heterocycles. The molecule has 3 heterocycles. The van der Waals surface area contributed by atoms with Crippen LogP contribution in [0.2, 0.25) is 0 Å². The second-order valence-corrected chi connectivity index (χ2v) is 4.58. The number of ether oxygens (including phenoxy) is 1. The van der Waals surface area contributed by atoms with Crippen LogP contribution in [0.15, 0.2) is 15.2 Å². The lowest BCUT2D eigenvalue weighted by molar-refractivity contribution is -0.0110. The summed E-state index contributed by atoms with van der Waals surface area (Å²) in [7, 11) is 1.75. The van der Waals surface area contributed by atoms with Crippen LogP contribution < -0.4 is 0 Å². The van der Waals surface area contributed by atoms with Gasteiger partial charge in [-0.15, -0.1) is 0 Å². The van der Waals surface area contributed by atoms with Crippen LogP contribution >= 0.6 is 0 Å². The van der Waals surface area contributed by atoms with Crippen molar-refractivity contribution in [1.29, 1.82) is 0 Å². The molecule has 0 aromatic heterocycles. The first-order valence-corrected chi connectivity index (χ1v) is 5.92. The summed E-state index contributed by atoms with van der Waals surface area (Å²) in [5.74, 6) is 0.386. The molecule has 9 heteroatoms. The van der Waals surface area contributed by atoms with E-state index in [0.29, 0.717) is 5.84 Å². The molecule has 0 spiro atoms. The summed E-state index contributed by atoms with van der Waals surface area (Å²) < 4.78 is 5.45. The van der Waals surface area contributed by atoms with Gasteiger partial charge in [0.1, 0.15) is 30.8 Å². The van der Waals surface area contributed by atoms with Gasteiger partial charge in [0.2, 0.25) is 0 Å². The number of aliphatic imine (C=N–C) groups is 1. The monoisotopic (exact) mass is 269 g/mol. The first kappa shape index (κ1) is 12.5. The summed E-state index contributed by atoms with van der Waals surface area (Å²) >= 11 is 0. The van der Waals surface area contributed by atoms with Crippen molar-refractivity contribution in [2.75, 3.05) is 13.7 Å². The Morgan fingerprint density at radius 2 is 2.16 bits per heavy atom. The number of aliphatic hydroxyl groups is 3. The molecule has 19 heavy (non-hydrogen) atoms. The van der Waals surface area contributed by atoms with Gasteiger partial charge in [0.05, 0.1) is 12.8 Å². The number of amidine groups is 1. The molecule has 0 aromatic rings. The maximum absolute atomic E-state index is 10.00. The van der Waals surface area contributed by atoms with Crippen LogP contribution in [0.5, 0.6) is 0 Å². The molecule has 0 aromatic carbocycles. The SMILES string of the molecule is CN1N=C([C@@H]2O[C@H](CO)[C@@H](O)[C@H]2O)N2N=CN=CC12. The summed E-state index contributed by atoms with van der Waals surface area (Å²) in [6.07, 6.45) is -1.20. The second-order valence-electron chi connectivity index (χ2n) is 4.58. The average molecular weight is 269 g/mol. The summed E-state index contributed by atoms with van der Waals surface area (Å²) in [5.41, 5.74) is 0. The van der Waals surface area contributed by atoms with Crippen molar-refractivity contribution in [3.63, 3.8) is 0 Å². The standard InChI is InChI=1S/C10H15N5O4/c1-14-6-2-11-4-12-15(6)10(13-14)9-8(18)7(17)5(3-16)19-9/h2,4-9,16-18H,3H2,1H3/t5-,6?,7-,8-,9-/m1/s1. The van der Waals surface area contributed by atoms with E-state index in [2.05, 4.69) is 15.2 Å². The van der Waals surface area contributed by atoms with Crippen molar-refractivity contribution in [1.82, 2.24) is 10.0 Å². The fourth-order valence-corrected chi connectivity index (χ4v) is 2.35. The van der Waals surface area contributed by atoms with Gasteiger partial charge in [0, 0.05) is 7.05 Å². The van der Waals surface area contributed by atoms with E-state index in [1.807, 2.05) is 0 Å². The Hall–Kier alpha value is -1.55. The van der Waals surface area contributed by atoms with Gasteiger partial charge < -0.3 is 20.1 Å². The van der Waals surface area contributed by atoms with Crippen molar-refractivity contribution in [2.24, 2.45) is 15.2 Å². The third-order valence-corrected chi connectivity index (χ3v) is 3.39. The topological polar surface area (TPSA) is 113 Å². The number of aliphatic hydroxyl groups excluding tert-OH is 3. The Kier molecular flexibility index (Phi) is 2.97. The fraction of sp³-hybridized carbons (Fsp3) is 0.700. The van der Waals surface area contributed by atoms with Crippen LogP contribution in [0.25, 0.3) is 0 Å². The van der Waals surface area contributed by atoms with Crippen molar-refractivity contribution in [3.8, 4) is 0 Å². The third-order valence-electron chi connectivity index (χ3n) is 3.39. The summed E-state index contributed by atoms with van der Waals surface area (Å²) in [6, 6.07) is 0. The predicted octanol–water partition coefficient (Wildman–Crippen LogP) is -2.62. The lowest BCUT2D eigenvalue weighted by Crippen LogP contribution is -2.46. The van der Waals surface area contributed by atoms with Gasteiger partial charge in [-0.1, -0.05) is 0 Å². The highest BCUT2D eigenvalue weighted by Crippen LogP contribution is 2.27. The largest absolute Gasteiger partial charge is 0.394 e. The van der Waals surface area contributed by atoms with E-state index in [-0.39, 0.29) is 12.8 Å². The molecule has 3 rings (SSSR count). The van der Waals surface area contributed by atoms with Crippen LogP contribution in [-0.2, 0) is 4.74 Å². The van der Waals surface area contributed by atoms with Gasteiger partial charge in [-0.05, 0) is 0 Å². The van der Waals surface area contributed by atoms with Gasteiger partial charge in [-0.25, -0.2) is 10.0 Å². The quantitative estimate of drug-likeness (QED) is 0.506. The zero-order valence-electron chi connectivity index (χ0n) is 10.2. The lowest BCUT2D eigenvalue weighted by Gasteiger charge is -2.26. The maximum Gasteiger partial charge on any atom is 0.179 e. The molecule has 3 aliphatic rings. The first-order chi connectivity index (χ1) is 9.13. The molecular weight excluding hydrogens is 254 g/mol. The molecule has 5 atom stereocenters. The van der Waals surface area contributed by atoms with E-state index in [1.165, 1.54) is 6.34 Å². The summed E-state index contributed by atoms with van der Waals surface area (Å²) in [5, 5.41) is 40.4. The summed E-state index contributed by atoms with van der Waals surface area (Å²) in [6.45, 7) is -0.369. The molecule has 0 aliphatic carbocycles. The molecule has 0 radical (unpaired) electrons. The van der Waals surface area contributed by atoms with E-state index in [0.717, 1.165) is 0 Å². The molecule has 0 bridgehead atoms. The zero-order chi connectivity index (χ0) is 13.6. The highest BCUT2D eigenvalue weighted by molar-refractivity contribution is 5.94. The number of fused-ring (bicyclic) bond motifs is 1. The van der Waals surface area contributed by atoms with Gasteiger partial charge in [-0.3, -0.25) is 5.01 Å². The Morgan fingerprint density at radius 3 is 2.84 bits per heavy atom. The lowest BCUT2D eigenvalue weighted by atomic mass is 10.1. The van der Waals surface area contributed by atoms with Crippen LogP contribution in [-0.4, -0.2) is 88.0 Å². The van der Waals surface area contributed by atoms with Gasteiger partial charge in [0.15, 0.2) is 12.0 Å². The van der Waals surface area contributed by atoms with E-state index < -0.39 is 24.4 Å². The molecule has 1 fully saturated rings. The number of nitrogens with zero attached hydrogens (tertiary/aromatic N) is 5. The third kappa shape index (κ3) is 1.82. The average Bonchev–Trinajstić information content (AvgIpc) is 2.90. The molecule has 9 nitrogen and oxygen atoms in total. The van der Waals surface area contributed by atoms with E-state index in [1.54, 1.807) is 23.3 Å². The van der Waals surface area contributed by atoms with Gasteiger partial charge in [-0.2, -0.15) is 10.2 Å². The maximum atomic E-state index is 10.00. The van der Waals surface area contributed by atoms with Crippen LogP contribution in [0.4, 0.5) is 0 Å². The normalized spacial score (nSPS) is 40.8. The minimum absolute atomic E-state index is 0.263. The predicted molar refractivity (Wildman–Crippen MR) is 65.6 cm³/mol. The zero-order valence-corrected chi connectivity index (χ0v) is 10.2. The Balaban J connectivity index is 1.85. The molecule has 1 saturated heterocycles. The van der Waals surface area contributed by atoms with Crippen LogP contribution in [0.3, 0.4) is 0 Å². The van der Waals surface area contributed by atoms with Crippen molar-refractivity contribution >= 4 is 18.4 Å². The molecule has 0 amide bonds. The van der Waals surface area contributed by atoms with Crippen molar-refractivity contribution in [2.45, 2.75) is 30.6 Å². The van der Waals surface area contributed by atoms with E-state index in [4.69, 9.17) is 9.84 Å². The molecular formula is C10H15N5O4.